The third kappa shape index (κ3) is 4.40. The van der Waals surface area contributed by atoms with E-state index in [4.69, 9.17) is 4.74 Å². The van der Waals surface area contributed by atoms with Gasteiger partial charge in [0, 0.05) is 7.05 Å². The number of fused-ring (bicyclic) bond motifs is 1. The highest BCUT2D eigenvalue weighted by molar-refractivity contribution is 9.10. The lowest BCUT2D eigenvalue weighted by molar-refractivity contribution is 0.372. The molecule has 170 valence electrons. The van der Waals surface area contributed by atoms with Crippen molar-refractivity contribution in [3.8, 4) is 11.5 Å². The number of rotatable bonds is 6. The summed E-state index contributed by atoms with van der Waals surface area (Å²) in [5.74, 6) is 0.569. The van der Waals surface area contributed by atoms with Crippen LogP contribution in [0.4, 0.5) is 5.95 Å². The van der Waals surface area contributed by atoms with Gasteiger partial charge in [-0.2, -0.15) is 10.1 Å². The minimum Gasteiger partial charge on any atom is -0.503 e. The lowest BCUT2D eigenvalue weighted by Gasteiger charge is -2.09. The van der Waals surface area contributed by atoms with Crippen molar-refractivity contribution in [3.05, 3.63) is 78.4 Å². The van der Waals surface area contributed by atoms with Crippen LogP contribution in [-0.2, 0) is 13.6 Å². The van der Waals surface area contributed by atoms with E-state index in [1.54, 1.807) is 16.7 Å². The third-order valence-corrected chi connectivity index (χ3v) is 5.72. The Kier molecular flexibility index (Phi) is 6.05. The Labute approximate surface area is 196 Å². The van der Waals surface area contributed by atoms with Gasteiger partial charge in [-0.15, -0.1) is 0 Å². The molecule has 0 aliphatic heterocycles. The van der Waals surface area contributed by atoms with Gasteiger partial charge in [-0.3, -0.25) is 18.9 Å². The van der Waals surface area contributed by atoms with Crippen LogP contribution in [0.15, 0.2) is 55.6 Å². The number of hydrogen-bond donors (Lipinski definition) is 3. The van der Waals surface area contributed by atoms with Crippen molar-refractivity contribution in [1.29, 1.82) is 0 Å². The van der Waals surface area contributed by atoms with E-state index < -0.39 is 11.2 Å². The van der Waals surface area contributed by atoms with Crippen molar-refractivity contribution >= 4 is 39.3 Å². The van der Waals surface area contributed by atoms with E-state index in [9.17, 15) is 14.7 Å². The molecule has 0 radical (unpaired) electrons. The topological polar surface area (TPSA) is 127 Å². The quantitative estimate of drug-likeness (QED) is 0.269. The summed E-state index contributed by atoms with van der Waals surface area (Å²) >= 11 is 3.28. The first-order chi connectivity index (χ1) is 15.8. The average molecular weight is 513 g/mol. The number of phenols is 1. The van der Waals surface area contributed by atoms with Crippen LogP contribution >= 0.6 is 15.9 Å². The minimum absolute atomic E-state index is 0.0114. The molecule has 4 rings (SSSR count). The van der Waals surface area contributed by atoms with Crippen LogP contribution in [0.25, 0.3) is 11.2 Å². The molecule has 10 nitrogen and oxygen atoms in total. The van der Waals surface area contributed by atoms with Gasteiger partial charge < -0.3 is 9.84 Å². The van der Waals surface area contributed by atoms with Gasteiger partial charge in [-0.05, 0) is 46.1 Å². The van der Waals surface area contributed by atoms with Crippen molar-refractivity contribution in [2.24, 2.45) is 12.1 Å². The number of hydrogen-bond acceptors (Lipinski definition) is 7. The summed E-state index contributed by atoms with van der Waals surface area (Å²) in [7, 11) is 2.99. The molecule has 11 heteroatoms. The summed E-state index contributed by atoms with van der Waals surface area (Å²) in [6, 6.07) is 11.2. The van der Waals surface area contributed by atoms with Gasteiger partial charge in [-0.25, -0.2) is 10.2 Å². The number of imidazole rings is 1. The number of aromatic hydroxyl groups is 1. The van der Waals surface area contributed by atoms with Crippen LogP contribution in [0.3, 0.4) is 0 Å². The average Bonchev–Trinajstić information content (AvgIpc) is 3.14. The van der Waals surface area contributed by atoms with E-state index in [-0.39, 0.29) is 16.9 Å². The van der Waals surface area contributed by atoms with Crippen LogP contribution in [-0.4, -0.2) is 37.5 Å². The van der Waals surface area contributed by atoms with Crippen molar-refractivity contribution < 1.29 is 9.84 Å². The molecule has 2 aromatic heterocycles. The van der Waals surface area contributed by atoms with Gasteiger partial charge in [0.1, 0.15) is 0 Å². The molecule has 3 N–H and O–H groups in total. The number of nitrogens with zero attached hydrogens (tertiary/aromatic N) is 4. The summed E-state index contributed by atoms with van der Waals surface area (Å²) in [4.78, 5) is 31.5. The molecule has 0 saturated heterocycles. The normalized spacial score (nSPS) is 11.4. The number of halogens is 1. The Morgan fingerprint density at radius 3 is 2.70 bits per heavy atom. The summed E-state index contributed by atoms with van der Waals surface area (Å²) in [6.45, 7) is 2.34. The first-order valence-electron chi connectivity index (χ1n) is 9.89. The van der Waals surface area contributed by atoms with Crippen LogP contribution in [0.1, 0.15) is 16.7 Å². The smallest absolute Gasteiger partial charge is 0.329 e. The molecule has 0 aliphatic carbocycles. The van der Waals surface area contributed by atoms with Crippen LogP contribution < -0.4 is 21.4 Å². The summed E-state index contributed by atoms with van der Waals surface area (Å²) < 4.78 is 8.55. The molecule has 0 fully saturated rings. The number of anilines is 1. The fourth-order valence-electron chi connectivity index (χ4n) is 3.34. The number of aryl methyl sites for hydroxylation is 2. The lowest BCUT2D eigenvalue weighted by atomic mass is 10.1. The fourth-order valence-corrected chi connectivity index (χ4v) is 3.80. The maximum absolute atomic E-state index is 12.6. The molecule has 2 aromatic carbocycles. The maximum atomic E-state index is 12.6. The molecular weight excluding hydrogens is 492 g/mol. The minimum atomic E-state index is -0.552. The van der Waals surface area contributed by atoms with Gasteiger partial charge >= 0.3 is 5.69 Å². The van der Waals surface area contributed by atoms with Gasteiger partial charge in [0.25, 0.3) is 5.56 Å². The number of benzene rings is 2. The van der Waals surface area contributed by atoms with Crippen molar-refractivity contribution in [2.45, 2.75) is 13.5 Å². The zero-order valence-corrected chi connectivity index (χ0v) is 19.7. The summed E-state index contributed by atoms with van der Waals surface area (Å²) in [6.07, 6.45) is 1.52. The predicted octanol–water partition coefficient (Wildman–Crippen LogP) is 2.70. The second kappa shape index (κ2) is 8.94. The third-order valence-electron chi connectivity index (χ3n) is 5.12. The van der Waals surface area contributed by atoms with E-state index >= 15 is 0 Å². The number of phenolic OH excluding ortho intramolecular Hbond substituents is 1. The van der Waals surface area contributed by atoms with Crippen LogP contribution in [0, 0.1) is 6.92 Å². The Morgan fingerprint density at radius 1 is 1.27 bits per heavy atom. The second-order valence-corrected chi connectivity index (χ2v) is 8.28. The lowest BCUT2D eigenvalue weighted by Crippen LogP contribution is -2.29. The zero-order valence-electron chi connectivity index (χ0n) is 18.1. The van der Waals surface area contributed by atoms with E-state index in [0.29, 0.717) is 28.3 Å². The molecule has 0 spiro atoms. The van der Waals surface area contributed by atoms with Crippen LogP contribution in [0.2, 0.25) is 0 Å². The number of H-pyrrole nitrogens is 1. The molecule has 0 bridgehead atoms. The molecule has 2 heterocycles. The standard InChI is InChI=1S/C22H21BrN6O4/c1-12-4-6-13(7-5-12)11-29-17-19(28(2)22(32)26-20(17)31)25-21(29)27-24-10-14-8-15(23)18(30)16(9-14)33-3/h4-10,30H,11H2,1-3H3,(H,25,27)(H,26,31,32). The highest BCUT2D eigenvalue weighted by Gasteiger charge is 2.17. The maximum Gasteiger partial charge on any atom is 0.329 e. The Balaban J connectivity index is 1.76. The molecular formula is C22H21BrN6O4. The van der Waals surface area contributed by atoms with Crippen molar-refractivity contribution in [3.63, 3.8) is 0 Å². The first-order valence-corrected chi connectivity index (χ1v) is 10.7. The fraction of sp³-hybridized carbons (Fsp3) is 0.182. The molecule has 0 amide bonds. The number of aromatic nitrogens is 4. The highest BCUT2D eigenvalue weighted by Crippen LogP contribution is 2.34. The zero-order chi connectivity index (χ0) is 23.7. The van der Waals surface area contributed by atoms with Gasteiger partial charge in [0.2, 0.25) is 5.95 Å². The van der Waals surface area contributed by atoms with Crippen molar-refractivity contribution in [2.75, 3.05) is 12.5 Å². The summed E-state index contributed by atoms with van der Waals surface area (Å²) in [5, 5.41) is 14.2. The first kappa shape index (κ1) is 22.3. The molecule has 0 aliphatic rings. The second-order valence-electron chi connectivity index (χ2n) is 7.42. The molecule has 33 heavy (non-hydrogen) atoms. The SMILES string of the molecule is COc1cc(C=NNc2nc3c(c(=O)[nH]c(=O)n3C)n2Cc2ccc(C)cc2)cc(Br)c1O. The summed E-state index contributed by atoms with van der Waals surface area (Å²) in [5.41, 5.74) is 4.99. The predicted molar refractivity (Wildman–Crippen MR) is 129 cm³/mol. The highest BCUT2D eigenvalue weighted by atomic mass is 79.9. The van der Waals surface area contributed by atoms with Gasteiger partial charge in [0.15, 0.2) is 22.7 Å². The molecule has 4 aromatic rings. The van der Waals surface area contributed by atoms with Gasteiger partial charge in [-0.1, -0.05) is 29.8 Å². The molecule has 0 atom stereocenters. The van der Waals surface area contributed by atoms with E-state index in [2.05, 4.69) is 36.4 Å². The van der Waals surface area contributed by atoms with E-state index in [1.165, 1.54) is 24.9 Å². The van der Waals surface area contributed by atoms with Gasteiger partial charge in [0.05, 0.1) is 24.3 Å². The number of nitrogens with one attached hydrogen (secondary N) is 2. The Hall–Kier alpha value is -3.86. The number of aromatic amines is 1. The van der Waals surface area contributed by atoms with E-state index in [1.807, 2.05) is 31.2 Å². The number of methoxy groups -OCH3 is 1. The monoisotopic (exact) mass is 512 g/mol. The van der Waals surface area contributed by atoms with Crippen molar-refractivity contribution in [1.82, 2.24) is 19.1 Å². The Bertz CT molecular complexity index is 1480. The van der Waals surface area contributed by atoms with E-state index in [0.717, 1.165) is 11.1 Å². The number of ether oxygens (including phenoxy) is 1. The van der Waals surface area contributed by atoms with Crippen LogP contribution in [0.5, 0.6) is 11.5 Å². The molecule has 0 saturated carbocycles. The largest absolute Gasteiger partial charge is 0.503 e. The Morgan fingerprint density at radius 2 is 2.00 bits per heavy atom. The molecule has 0 unspecified atom stereocenters. The number of hydrazone groups is 1.